The number of methoxy groups -OCH3 is 1. The number of piperidine rings is 1. The van der Waals surface area contributed by atoms with Crippen LogP contribution in [-0.2, 0) is 20.7 Å². The summed E-state index contributed by atoms with van der Waals surface area (Å²) < 4.78 is 19.4. The molecule has 1 N–H and O–H groups in total. The van der Waals surface area contributed by atoms with Crippen LogP contribution in [0.3, 0.4) is 0 Å². The number of carboxylic acids is 1. The molecule has 0 aromatic heterocycles. The molecule has 0 saturated carbocycles. The number of carboxylic acid groups (broad SMARTS) is 1. The smallest absolute Gasteiger partial charge is 0.335 e. The highest BCUT2D eigenvalue weighted by atomic mass is 35.5. The van der Waals surface area contributed by atoms with E-state index in [0.29, 0.717) is 33.9 Å². The lowest BCUT2D eigenvalue weighted by Gasteiger charge is -2.43. The van der Waals surface area contributed by atoms with Crippen LogP contribution in [0, 0.1) is 11.2 Å². The van der Waals surface area contributed by atoms with Gasteiger partial charge in [0.05, 0.1) is 12.2 Å². The van der Waals surface area contributed by atoms with Gasteiger partial charge in [-0.05, 0) is 99.2 Å². The van der Waals surface area contributed by atoms with E-state index in [-0.39, 0.29) is 16.8 Å². The van der Waals surface area contributed by atoms with Gasteiger partial charge in [-0.15, -0.1) is 0 Å². The molecule has 0 aliphatic carbocycles. The second-order valence-corrected chi connectivity index (χ2v) is 12.5. The molecule has 9 heteroatoms. The molecule has 1 aromatic carbocycles. The molecule has 1 unspecified atom stereocenters. The van der Waals surface area contributed by atoms with Crippen LogP contribution in [0.1, 0.15) is 38.7 Å². The van der Waals surface area contributed by atoms with E-state index in [1.807, 2.05) is 19.1 Å². The van der Waals surface area contributed by atoms with Gasteiger partial charge in [0.25, 0.3) is 0 Å². The molecular formula is C32H41ClFN2O4P. The van der Waals surface area contributed by atoms with E-state index in [9.17, 15) is 19.1 Å². The van der Waals surface area contributed by atoms with Gasteiger partial charge >= 0.3 is 5.97 Å². The number of carbonyl (C=O) groups excluding carboxylic acids is 1. The molecule has 0 spiro atoms. The summed E-state index contributed by atoms with van der Waals surface area (Å²) in [6, 6.07) is 5.00. The fraction of sp³-hybridized carbons (Fsp3) is 0.438. The molecule has 1 saturated heterocycles. The SMILES string of the molecule is C\C=C(/C=C\C(=C/C)N(C=O)CC1(COC)CCN(CC2=C/CCPc3cc(F)ccc3C/C(Cl)=C\2)CC1)C(=O)O. The number of hydrogen-bond donors (Lipinski definition) is 1. The fourth-order valence-corrected chi connectivity index (χ4v) is 6.89. The molecule has 3 rings (SSSR count). The number of benzene rings is 1. The van der Waals surface area contributed by atoms with Gasteiger partial charge in [-0.25, -0.2) is 9.18 Å². The summed E-state index contributed by atoms with van der Waals surface area (Å²) >= 11 is 6.68. The number of likely N-dealkylation sites (tertiary alicyclic amines) is 1. The number of amides is 1. The molecule has 2 heterocycles. The largest absolute Gasteiger partial charge is 0.478 e. The lowest BCUT2D eigenvalue weighted by Crippen LogP contribution is -2.48. The van der Waals surface area contributed by atoms with Crippen molar-refractivity contribution < 1.29 is 23.8 Å². The lowest BCUT2D eigenvalue weighted by molar-refractivity contribution is -0.132. The lowest BCUT2D eigenvalue weighted by atomic mass is 9.78. The van der Waals surface area contributed by atoms with Gasteiger partial charge in [0.15, 0.2) is 0 Å². The highest BCUT2D eigenvalue weighted by Crippen LogP contribution is 2.34. The number of fused-ring (bicyclic) bond motifs is 1. The number of rotatable bonds is 11. The van der Waals surface area contributed by atoms with E-state index in [2.05, 4.69) is 17.1 Å². The van der Waals surface area contributed by atoms with Gasteiger partial charge in [0.2, 0.25) is 6.41 Å². The number of halogens is 2. The molecule has 1 atom stereocenters. The van der Waals surface area contributed by atoms with Crippen LogP contribution < -0.4 is 5.30 Å². The first-order valence-electron chi connectivity index (χ1n) is 14.0. The maximum atomic E-state index is 13.8. The van der Waals surface area contributed by atoms with Crippen molar-refractivity contribution in [2.45, 2.75) is 39.5 Å². The van der Waals surface area contributed by atoms with Gasteiger partial charge in [-0.3, -0.25) is 9.69 Å². The highest BCUT2D eigenvalue weighted by Gasteiger charge is 2.37. The van der Waals surface area contributed by atoms with Crippen LogP contribution in [-0.4, -0.2) is 73.3 Å². The van der Waals surface area contributed by atoms with Crippen molar-refractivity contribution in [2.75, 3.05) is 46.1 Å². The van der Waals surface area contributed by atoms with Crippen molar-refractivity contribution in [1.82, 2.24) is 9.80 Å². The summed E-state index contributed by atoms with van der Waals surface area (Å²) in [6.07, 6.45) is 15.9. The molecule has 1 aromatic rings. The Bertz CT molecular complexity index is 1230. The minimum atomic E-state index is -1.01. The van der Waals surface area contributed by atoms with Gasteiger partial charge in [0.1, 0.15) is 5.82 Å². The Morgan fingerprint density at radius 1 is 1.24 bits per heavy atom. The molecule has 2 aliphatic heterocycles. The third-order valence-corrected chi connectivity index (χ3v) is 9.29. The summed E-state index contributed by atoms with van der Waals surface area (Å²) in [4.78, 5) is 27.6. The molecule has 6 nitrogen and oxygen atoms in total. The number of ether oxygens (including phenoxy) is 1. The Morgan fingerprint density at radius 2 is 2.00 bits per heavy atom. The van der Waals surface area contributed by atoms with E-state index >= 15 is 0 Å². The van der Waals surface area contributed by atoms with Crippen molar-refractivity contribution in [3.05, 3.63) is 87.9 Å². The zero-order valence-corrected chi connectivity index (χ0v) is 25.9. The summed E-state index contributed by atoms with van der Waals surface area (Å²) in [5.74, 6) is -1.21. The van der Waals surface area contributed by atoms with Crippen LogP contribution in [0.2, 0.25) is 0 Å². The number of carbonyl (C=O) groups is 2. The maximum Gasteiger partial charge on any atom is 0.335 e. The first-order chi connectivity index (χ1) is 19.7. The third kappa shape index (κ3) is 9.75. The van der Waals surface area contributed by atoms with Crippen molar-refractivity contribution in [2.24, 2.45) is 5.41 Å². The zero-order valence-electron chi connectivity index (χ0n) is 24.2. The van der Waals surface area contributed by atoms with Gasteiger partial charge in [0, 0.05) is 42.8 Å². The Hall–Kier alpha value is -2.57. The number of allylic oxidation sites excluding steroid dienone is 5. The molecule has 41 heavy (non-hydrogen) atoms. The molecule has 222 valence electrons. The zero-order chi connectivity index (χ0) is 29.8. The van der Waals surface area contributed by atoms with E-state index in [0.717, 1.165) is 67.4 Å². The summed E-state index contributed by atoms with van der Waals surface area (Å²) in [5.41, 5.74) is 2.88. The monoisotopic (exact) mass is 602 g/mol. The van der Waals surface area contributed by atoms with Crippen LogP contribution >= 0.6 is 20.2 Å². The first-order valence-corrected chi connectivity index (χ1v) is 15.6. The molecule has 1 amide bonds. The third-order valence-electron chi connectivity index (χ3n) is 7.67. The van der Waals surface area contributed by atoms with E-state index in [1.54, 1.807) is 31.1 Å². The number of hydrogen-bond acceptors (Lipinski definition) is 4. The van der Waals surface area contributed by atoms with Crippen molar-refractivity contribution in [3.8, 4) is 0 Å². The summed E-state index contributed by atoms with van der Waals surface area (Å²) in [5, 5.41) is 11.1. The molecule has 0 bridgehead atoms. The van der Waals surface area contributed by atoms with E-state index in [4.69, 9.17) is 16.3 Å². The van der Waals surface area contributed by atoms with Crippen molar-refractivity contribution in [3.63, 3.8) is 0 Å². The molecule has 1 fully saturated rings. The quantitative estimate of drug-likeness (QED) is 0.150. The van der Waals surface area contributed by atoms with E-state index in [1.165, 1.54) is 23.8 Å². The Kier molecular flexibility index (Phi) is 13.0. The van der Waals surface area contributed by atoms with Gasteiger partial charge in [-0.2, -0.15) is 0 Å². The maximum absolute atomic E-state index is 13.8. The second kappa shape index (κ2) is 16.2. The minimum absolute atomic E-state index is 0.165. The van der Waals surface area contributed by atoms with Crippen LogP contribution in [0.25, 0.3) is 0 Å². The van der Waals surface area contributed by atoms with Crippen LogP contribution in [0.4, 0.5) is 4.39 Å². The second-order valence-electron chi connectivity index (χ2n) is 10.6. The average molecular weight is 603 g/mol. The average Bonchev–Trinajstić information content (AvgIpc) is 2.95. The Labute approximate surface area is 250 Å². The summed E-state index contributed by atoms with van der Waals surface area (Å²) in [6.45, 7) is 7.01. The predicted octanol–water partition coefficient (Wildman–Crippen LogP) is 5.80. The van der Waals surface area contributed by atoms with Gasteiger partial charge < -0.3 is 14.7 Å². The number of nitrogens with zero attached hydrogens (tertiary/aromatic N) is 2. The van der Waals surface area contributed by atoms with Crippen molar-refractivity contribution in [1.29, 1.82) is 0 Å². The first kappa shape index (κ1) is 32.9. The molecular weight excluding hydrogens is 562 g/mol. The Morgan fingerprint density at radius 3 is 2.63 bits per heavy atom. The topological polar surface area (TPSA) is 70.1 Å². The fourth-order valence-electron chi connectivity index (χ4n) is 5.41. The summed E-state index contributed by atoms with van der Waals surface area (Å²) in [7, 11) is 2.23. The molecule has 2 aliphatic rings. The van der Waals surface area contributed by atoms with Crippen molar-refractivity contribution >= 4 is 37.9 Å². The number of aliphatic carboxylic acids is 1. The highest BCUT2D eigenvalue weighted by molar-refractivity contribution is 7.47. The normalized spacial score (nSPS) is 22.0. The van der Waals surface area contributed by atoms with Crippen LogP contribution in [0.5, 0.6) is 0 Å². The van der Waals surface area contributed by atoms with E-state index < -0.39 is 5.97 Å². The predicted molar refractivity (Wildman–Crippen MR) is 167 cm³/mol. The molecule has 0 radical (unpaired) electrons. The minimum Gasteiger partial charge on any atom is -0.478 e. The van der Waals surface area contributed by atoms with Crippen LogP contribution in [0.15, 0.2) is 76.5 Å². The van der Waals surface area contributed by atoms with Gasteiger partial charge in [-0.1, -0.05) is 44.5 Å². The standard InChI is InChI=1S/C32H41ClFN2O4P/c1-4-25(31(38)39)9-11-29(5-2)36(23-37)21-32(22-40-3)12-14-35(15-13-32)20-24-7-6-16-41-30-19-28(34)10-8-26(30)18-27(33)17-24/h4-5,7-11,17,19,23,41H,6,12-16,18,20-22H2,1-3H3,(H,38,39)/b11-9-,24-7+,25-4+,27-17+,29-5+. The Balaban J connectivity index is 1.68.